The molecule has 0 spiro atoms. The Kier molecular flexibility index (Phi) is 3.18. The summed E-state index contributed by atoms with van der Waals surface area (Å²) in [6, 6.07) is 2.48. The summed E-state index contributed by atoms with van der Waals surface area (Å²) in [7, 11) is 0. The zero-order valence-electron chi connectivity index (χ0n) is 6.47. The predicted molar refractivity (Wildman–Crippen MR) is 43.6 cm³/mol. The molecule has 14 heavy (non-hydrogen) atoms. The molecule has 0 aromatic heterocycles. The van der Waals surface area contributed by atoms with Gasteiger partial charge >= 0.3 is 6.18 Å². The van der Waals surface area contributed by atoms with Crippen molar-refractivity contribution in [2.75, 3.05) is 0 Å². The van der Waals surface area contributed by atoms with Crippen LogP contribution in [-0.4, -0.2) is 8.76 Å². The molecule has 0 aliphatic carbocycles. The van der Waals surface area contributed by atoms with Gasteiger partial charge in [0.25, 0.3) is 0 Å². The second-order valence-corrected chi connectivity index (χ2v) is 3.72. The van der Waals surface area contributed by atoms with Gasteiger partial charge in [0.1, 0.15) is 0 Å². The zero-order chi connectivity index (χ0) is 10.9. The van der Waals surface area contributed by atoms with Crippen LogP contribution >= 0.6 is 11.6 Å². The van der Waals surface area contributed by atoms with Crippen molar-refractivity contribution in [2.45, 2.75) is 11.1 Å². The van der Waals surface area contributed by atoms with E-state index in [-0.39, 0.29) is 5.02 Å². The Morgan fingerprint density at radius 1 is 1.36 bits per heavy atom. The Labute approximate surface area is 85.0 Å². The lowest BCUT2D eigenvalue weighted by Crippen LogP contribution is -2.09. The number of hydrogen-bond donors (Lipinski definition) is 0. The quantitative estimate of drug-likeness (QED) is 0.712. The van der Waals surface area contributed by atoms with Crippen LogP contribution in [0.5, 0.6) is 0 Å². The molecular weight excluding hydrogens is 241 g/mol. The molecule has 0 aliphatic rings. The van der Waals surface area contributed by atoms with Crippen LogP contribution in [0.4, 0.5) is 13.2 Å². The van der Waals surface area contributed by atoms with Crippen LogP contribution in [0.25, 0.3) is 0 Å². The molecule has 0 saturated carbocycles. The first-order valence-corrected chi connectivity index (χ1v) is 4.73. The summed E-state index contributed by atoms with van der Waals surface area (Å²) < 4.78 is 57.6. The third-order valence-electron chi connectivity index (χ3n) is 1.43. The lowest BCUT2D eigenvalue weighted by Gasteiger charge is -2.14. The molecule has 0 heterocycles. The normalized spacial score (nSPS) is 14.1. The zero-order valence-corrected chi connectivity index (χ0v) is 8.04. The summed E-state index contributed by atoms with van der Waals surface area (Å²) in [5, 5.41) is -0.161. The second-order valence-electron chi connectivity index (χ2n) is 2.37. The number of rotatable bonds is 1. The van der Waals surface area contributed by atoms with Crippen LogP contribution in [-0.2, 0) is 17.3 Å². The summed E-state index contributed by atoms with van der Waals surface area (Å²) in [4.78, 5) is -0.804. The van der Waals surface area contributed by atoms with Crippen molar-refractivity contribution in [3.05, 3.63) is 28.8 Å². The average molecular weight is 244 g/mol. The Balaban J connectivity index is 3.38. The average Bonchev–Trinajstić information content (AvgIpc) is 2.01. The molecule has 0 amide bonds. The number of halogens is 4. The van der Waals surface area contributed by atoms with E-state index in [0.29, 0.717) is 6.07 Å². The maximum absolute atomic E-state index is 12.3. The lowest BCUT2D eigenvalue weighted by atomic mass is 10.2. The monoisotopic (exact) mass is 243 g/mol. The van der Waals surface area contributed by atoms with Crippen molar-refractivity contribution in [2.24, 2.45) is 0 Å². The minimum atomic E-state index is -4.72. The molecule has 1 rings (SSSR count). The van der Waals surface area contributed by atoms with E-state index in [0.717, 1.165) is 12.1 Å². The molecule has 0 aliphatic heterocycles. The van der Waals surface area contributed by atoms with Gasteiger partial charge in [0, 0.05) is 9.92 Å². The van der Waals surface area contributed by atoms with Crippen LogP contribution < -0.4 is 0 Å². The number of alkyl halides is 3. The van der Waals surface area contributed by atoms with Gasteiger partial charge in [0.15, 0.2) is 0 Å². The van der Waals surface area contributed by atoms with Crippen molar-refractivity contribution < 1.29 is 21.9 Å². The fourth-order valence-corrected chi connectivity index (χ4v) is 1.57. The largest absolute Gasteiger partial charge is 0.768 e. The molecule has 0 bridgehead atoms. The van der Waals surface area contributed by atoms with Crippen molar-refractivity contribution >= 4 is 22.7 Å². The molecule has 0 fully saturated rings. The van der Waals surface area contributed by atoms with Gasteiger partial charge in [0.05, 0.1) is 5.56 Å². The molecule has 78 valence electrons. The highest BCUT2D eigenvalue weighted by molar-refractivity contribution is 7.79. The molecule has 0 saturated heterocycles. The standard InChI is InChI=1S/C7H4ClF3O2S/c8-4-1-2-6(14(12)13)5(3-4)7(9,10)11/h1-3H,(H,12,13)/p-1. The molecule has 0 radical (unpaired) electrons. The minimum Gasteiger partial charge on any atom is -0.768 e. The van der Waals surface area contributed by atoms with E-state index in [1.807, 2.05) is 0 Å². The summed E-state index contributed by atoms with van der Waals surface area (Å²) >= 11 is 2.40. The van der Waals surface area contributed by atoms with E-state index in [9.17, 15) is 21.9 Å². The van der Waals surface area contributed by atoms with E-state index < -0.39 is 27.7 Å². The van der Waals surface area contributed by atoms with Crippen molar-refractivity contribution in [3.63, 3.8) is 0 Å². The van der Waals surface area contributed by atoms with Gasteiger partial charge in [-0.3, -0.25) is 4.21 Å². The second kappa shape index (κ2) is 3.88. The number of hydrogen-bond acceptors (Lipinski definition) is 2. The van der Waals surface area contributed by atoms with E-state index >= 15 is 0 Å². The maximum Gasteiger partial charge on any atom is 0.417 e. The van der Waals surface area contributed by atoms with Gasteiger partial charge in [-0.2, -0.15) is 13.2 Å². The van der Waals surface area contributed by atoms with Gasteiger partial charge < -0.3 is 4.55 Å². The topological polar surface area (TPSA) is 40.1 Å². The molecule has 0 N–H and O–H groups in total. The molecule has 7 heteroatoms. The first-order valence-electron chi connectivity index (χ1n) is 3.28. The van der Waals surface area contributed by atoms with E-state index in [2.05, 4.69) is 0 Å². The van der Waals surface area contributed by atoms with E-state index in [1.165, 1.54) is 0 Å². The fourth-order valence-electron chi connectivity index (χ4n) is 0.869. The summed E-state index contributed by atoms with van der Waals surface area (Å²) in [5.41, 5.74) is -1.25. The van der Waals surface area contributed by atoms with Crippen molar-refractivity contribution in [1.82, 2.24) is 0 Å². The maximum atomic E-state index is 12.3. The van der Waals surface area contributed by atoms with Gasteiger partial charge in [-0.05, 0) is 29.3 Å². The van der Waals surface area contributed by atoms with Gasteiger partial charge in [0.2, 0.25) is 0 Å². The highest BCUT2D eigenvalue weighted by atomic mass is 35.5. The first kappa shape index (κ1) is 11.5. The van der Waals surface area contributed by atoms with Crippen molar-refractivity contribution in [3.8, 4) is 0 Å². The molecule has 1 aromatic carbocycles. The van der Waals surface area contributed by atoms with E-state index in [4.69, 9.17) is 11.6 Å². The molecule has 2 nitrogen and oxygen atoms in total. The molecule has 1 aromatic rings. The van der Waals surface area contributed by atoms with Gasteiger partial charge in [-0.1, -0.05) is 11.6 Å². The molecule has 1 atom stereocenters. The Morgan fingerprint density at radius 2 is 1.93 bits per heavy atom. The Morgan fingerprint density at radius 3 is 2.36 bits per heavy atom. The Bertz CT molecular complexity index is 378. The summed E-state index contributed by atoms with van der Waals surface area (Å²) in [5.74, 6) is 0. The summed E-state index contributed by atoms with van der Waals surface area (Å²) in [6.07, 6.45) is -4.72. The van der Waals surface area contributed by atoms with Crippen LogP contribution in [0.1, 0.15) is 5.56 Å². The van der Waals surface area contributed by atoms with Crippen LogP contribution in [0.3, 0.4) is 0 Å². The highest BCUT2D eigenvalue weighted by Gasteiger charge is 2.33. The number of benzene rings is 1. The predicted octanol–water partition coefficient (Wildman–Crippen LogP) is 2.60. The molecule has 1 unspecified atom stereocenters. The fraction of sp³-hybridized carbons (Fsp3) is 0.143. The molecular formula is C7H3ClF3O2S-. The third kappa shape index (κ3) is 2.46. The summed E-state index contributed by atoms with van der Waals surface area (Å²) in [6.45, 7) is 0. The van der Waals surface area contributed by atoms with Crippen LogP contribution in [0.15, 0.2) is 23.1 Å². The highest BCUT2D eigenvalue weighted by Crippen LogP contribution is 2.34. The smallest absolute Gasteiger partial charge is 0.417 e. The third-order valence-corrected chi connectivity index (χ3v) is 2.38. The van der Waals surface area contributed by atoms with Crippen LogP contribution in [0, 0.1) is 0 Å². The Hall–Kier alpha value is -0.590. The van der Waals surface area contributed by atoms with Crippen LogP contribution in [0.2, 0.25) is 5.02 Å². The van der Waals surface area contributed by atoms with E-state index in [1.54, 1.807) is 0 Å². The SMILES string of the molecule is O=S([O-])c1ccc(Cl)cc1C(F)(F)F. The van der Waals surface area contributed by atoms with Gasteiger partial charge in [-0.25, -0.2) is 0 Å². The minimum absolute atomic E-state index is 0.161. The van der Waals surface area contributed by atoms with Gasteiger partial charge in [-0.15, -0.1) is 0 Å². The van der Waals surface area contributed by atoms with Crippen molar-refractivity contribution in [1.29, 1.82) is 0 Å². The first-order chi connectivity index (χ1) is 6.32. The lowest BCUT2D eigenvalue weighted by molar-refractivity contribution is -0.139.